The van der Waals surface area contributed by atoms with Crippen molar-refractivity contribution in [3.63, 3.8) is 0 Å². The molecule has 1 aromatic rings. The van der Waals surface area contributed by atoms with Gasteiger partial charge in [-0.15, -0.1) is 0 Å². The number of rotatable bonds is 6. The number of ether oxygens (including phenoxy) is 1. The number of carbonyl (C=O) groups is 1. The molecule has 1 unspecified atom stereocenters. The molecule has 1 rings (SSSR count). The van der Waals surface area contributed by atoms with Crippen LogP contribution < -0.4 is 15.8 Å². The smallest absolute Gasteiger partial charge is 0.232 e. The van der Waals surface area contributed by atoms with Crippen LogP contribution >= 0.6 is 0 Å². The van der Waals surface area contributed by atoms with Crippen LogP contribution in [0.5, 0.6) is 5.75 Å². The molecule has 0 fully saturated rings. The highest BCUT2D eigenvalue weighted by atomic mass is 32.2. The average Bonchev–Trinajstić information content (AvgIpc) is 2.38. The van der Waals surface area contributed by atoms with Gasteiger partial charge in [-0.05, 0) is 17.7 Å². The third-order valence-electron chi connectivity index (χ3n) is 2.46. The van der Waals surface area contributed by atoms with E-state index in [4.69, 9.17) is 10.5 Å². The summed E-state index contributed by atoms with van der Waals surface area (Å²) >= 11 is 0. The van der Waals surface area contributed by atoms with Crippen molar-refractivity contribution in [3.8, 4) is 5.75 Å². The van der Waals surface area contributed by atoms with Gasteiger partial charge in [0.05, 0.1) is 7.11 Å². The minimum Gasteiger partial charge on any atom is -0.496 e. The highest BCUT2D eigenvalue weighted by Gasteiger charge is 2.09. The van der Waals surface area contributed by atoms with Gasteiger partial charge in [-0.2, -0.15) is 0 Å². The number of nitrogens with two attached hydrogens (primary N) is 1. The minimum atomic E-state index is -1.21. The van der Waals surface area contributed by atoms with Gasteiger partial charge >= 0.3 is 0 Å². The highest BCUT2D eigenvalue weighted by molar-refractivity contribution is 7.84. The Bertz CT molecular complexity index is 449. The van der Waals surface area contributed by atoms with Crippen LogP contribution in [-0.4, -0.2) is 30.0 Å². The molecule has 6 heteroatoms. The van der Waals surface area contributed by atoms with Gasteiger partial charge in [-0.1, -0.05) is 6.07 Å². The predicted molar refractivity (Wildman–Crippen MR) is 71.7 cm³/mol. The molecule has 0 aliphatic rings. The summed E-state index contributed by atoms with van der Waals surface area (Å²) in [5.74, 6) is 0.851. The first-order valence-electron chi connectivity index (χ1n) is 5.52. The maximum Gasteiger partial charge on any atom is 0.232 e. The van der Waals surface area contributed by atoms with Gasteiger partial charge in [0.25, 0.3) is 0 Å². The molecule has 5 nitrogen and oxygen atoms in total. The second kappa shape index (κ2) is 7.13. The van der Waals surface area contributed by atoms with E-state index in [0.717, 1.165) is 16.9 Å². The van der Waals surface area contributed by atoms with E-state index in [-0.39, 0.29) is 11.7 Å². The topological polar surface area (TPSA) is 81.4 Å². The van der Waals surface area contributed by atoms with Gasteiger partial charge in [0, 0.05) is 35.7 Å². The van der Waals surface area contributed by atoms with E-state index in [0.29, 0.717) is 12.3 Å². The summed E-state index contributed by atoms with van der Waals surface area (Å²) in [7, 11) is 1.90. The number of hydrogen-bond donors (Lipinski definition) is 2. The molecule has 0 aromatic heterocycles. The SMILES string of the molecule is CNC(=O)CS(=O)Cc1ccc(OC)c(CN)c1. The Labute approximate surface area is 109 Å². The first-order chi connectivity index (χ1) is 8.60. The third kappa shape index (κ3) is 4.12. The number of nitrogens with one attached hydrogen (secondary N) is 1. The summed E-state index contributed by atoms with van der Waals surface area (Å²) < 4.78 is 16.9. The fourth-order valence-corrected chi connectivity index (χ4v) is 2.63. The van der Waals surface area contributed by atoms with Gasteiger partial charge < -0.3 is 15.8 Å². The molecule has 0 aliphatic heterocycles. The maximum atomic E-state index is 11.7. The number of amides is 1. The van der Waals surface area contributed by atoms with Gasteiger partial charge in [-0.3, -0.25) is 9.00 Å². The second-order valence-electron chi connectivity index (χ2n) is 3.75. The van der Waals surface area contributed by atoms with Gasteiger partial charge in [-0.25, -0.2) is 0 Å². The Morgan fingerprint density at radius 1 is 1.50 bits per heavy atom. The average molecular weight is 270 g/mol. The Kier molecular flexibility index (Phi) is 5.80. The fraction of sp³-hybridized carbons (Fsp3) is 0.417. The first-order valence-corrected chi connectivity index (χ1v) is 7.01. The lowest BCUT2D eigenvalue weighted by molar-refractivity contribution is -0.118. The number of carbonyl (C=O) groups excluding carboxylic acids is 1. The van der Waals surface area contributed by atoms with Gasteiger partial charge in [0.2, 0.25) is 5.91 Å². The molecule has 0 aliphatic carbocycles. The van der Waals surface area contributed by atoms with Crippen LogP contribution in [0.4, 0.5) is 0 Å². The van der Waals surface area contributed by atoms with Crippen molar-refractivity contribution >= 4 is 16.7 Å². The van der Waals surface area contributed by atoms with Gasteiger partial charge in [0.15, 0.2) is 0 Å². The van der Waals surface area contributed by atoms with E-state index in [1.54, 1.807) is 13.2 Å². The molecular weight excluding hydrogens is 252 g/mol. The van der Waals surface area contributed by atoms with Crippen LogP contribution in [0.2, 0.25) is 0 Å². The maximum absolute atomic E-state index is 11.7. The zero-order chi connectivity index (χ0) is 13.5. The van der Waals surface area contributed by atoms with Crippen LogP contribution in [-0.2, 0) is 27.9 Å². The summed E-state index contributed by atoms with van der Waals surface area (Å²) in [5.41, 5.74) is 7.36. The molecule has 1 aromatic carbocycles. The van der Waals surface area contributed by atoms with Crippen molar-refractivity contribution in [1.29, 1.82) is 0 Å². The van der Waals surface area contributed by atoms with Crippen molar-refractivity contribution in [2.75, 3.05) is 19.9 Å². The Morgan fingerprint density at radius 3 is 2.78 bits per heavy atom. The molecule has 100 valence electrons. The van der Waals surface area contributed by atoms with Crippen molar-refractivity contribution in [1.82, 2.24) is 5.32 Å². The van der Waals surface area contributed by atoms with Crippen LogP contribution in [0.3, 0.4) is 0 Å². The van der Waals surface area contributed by atoms with E-state index in [1.807, 2.05) is 12.1 Å². The Morgan fingerprint density at radius 2 is 2.22 bits per heavy atom. The summed E-state index contributed by atoms with van der Waals surface area (Å²) in [6, 6.07) is 5.49. The number of hydrogen-bond acceptors (Lipinski definition) is 4. The zero-order valence-corrected chi connectivity index (χ0v) is 11.4. The number of benzene rings is 1. The quantitative estimate of drug-likeness (QED) is 0.771. The molecule has 18 heavy (non-hydrogen) atoms. The van der Waals surface area contributed by atoms with Crippen molar-refractivity contribution in [3.05, 3.63) is 29.3 Å². The van der Waals surface area contributed by atoms with E-state index < -0.39 is 10.8 Å². The third-order valence-corrected chi connectivity index (χ3v) is 3.70. The van der Waals surface area contributed by atoms with E-state index >= 15 is 0 Å². The summed E-state index contributed by atoms with van der Waals surface area (Å²) in [5, 5.41) is 2.45. The lowest BCUT2D eigenvalue weighted by atomic mass is 10.1. The molecular formula is C12H18N2O3S. The number of methoxy groups -OCH3 is 1. The van der Waals surface area contributed by atoms with Gasteiger partial charge in [0.1, 0.15) is 11.5 Å². The van der Waals surface area contributed by atoms with Crippen molar-refractivity contribution in [2.24, 2.45) is 5.73 Å². The standard InChI is InChI=1S/C12H18N2O3S/c1-14-12(15)8-18(16)7-9-3-4-11(17-2)10(5-9)6-13/h3-5H,6-8,13H2,1-2H3,(H,14,15). The Balaban J connectivity index is 2.73. The molecule has 0 bridgehead atoms. The molecule has 3 N–H and O–H groups in total. The fourth-order valence-electron chi connectivity index (χ4n) is 1.54. The summed E-state index contributed by atoms with van der Waals surface area (Å²) in [6.07, 6.45) is 0. The van der Waals surface area contributed by atoms with E-state index in [2.05, 4.69) is 5.32 Å². The molecule has 0 saturated carbocycles. The summed E-state index contributed by atoms with van der Waals surface area (Å²) in [4.78, 5) is 11.1. The predicted octanol–water partition coefficient (Wildman–Crippen LogP) is 0.149. The molecule has 0 spiro atoms. The summed E-state index contributed by atoms with van der Waals surface area (Å²) in [6.45, 7) is 0.360. The highest BCUT2D eigenvalue weighted by Crippen LogP contribution is 2.20. The molecule has 0 radical (unpaired) electrons. The van der Waals surface area contributed by atoms with Crippen LogP contribution in [0.1, 0.15) is 11.1 Å². The monoisotopic (exact) mass is 270 g/mol. The molecule has 1 atom stereocenters. The van der Waals surface area contributed by atoms with E-state index in [1.165, 1.54) is 7.05 Å². The molecule has 0 heterocycles. The zero-order valence-electron chi connectivity index (χ0n) is 10.6. The van der Waals surface area contributed by atoms with Crippen molar-refractivity contribution < 1.29 is 13.7 Å². The van der Waals surface area contributed by atoms with Crippen LogP contribution in [0, 0.1) is 0 Å². The first kappa shape index (κ1) is 14.7. The lowest BCUT2D eigenvalue weighted by Crippen LogP contribution is -2.24. The largest absolute Gasteiger partial charge is 0.496 e. The Hall–Kier alpha value is -1.40. The normalized spacial score (nSPS) is 11.9. The lowest BCUT2D eigenvalue weighted by Gasteiger charge is -2.09. The van der Waals surface area contributed by atoms with Crippen LogP contribution in [0.15, 0.2) is 18.2 Å². The minimum absolute atomic E-state index is 0.0144. The van der Waals surface area contributed by atoms with Crippen molar-refractivity contribution in [2.45, 2.75) is 12.3 Å². The van der Waals surface area contributed by atoms with Crippen LogP contribution in [0.25, 0.3) is 0 Å². The van der Waals surface area contributed by atoms with E-state index in [9.17, 15) is 9.00 Å². The molecule has 0 saturated heterocycles. The molecule has 1 amide bonds. The second-order valence-corrected chi connectivity index (χ2v) is 5.21.